The Kier molecular flexibility index (Phi) is 7.81. The highest BCUT2D eigenvalue weighted by atomic mass is 32.2. The van der Waals surface area contributed by atoms with Gasteiger partial charge in [0.15, 0.2) is 11.6 Å². The number of amides is 1. The van der Waals surface area contributed by atoms with Gasteiger partial charge in [-0.05, 0) is 89.9 Å². The predicted octanol–water partition coefficient (Wildman–Crippen LogP) is 6.35. The highest BCUT2D eigenvalue weighted by Gasteiger charge is 2.49. The third kappa shape index (κ3) is 6.16. The number of sulfonamides is 1. The number of rotatable bonds is 5. The summed E-state index contributed by atoms with van der Waals surface area (Å²) in [6, 6.07) is 22.0. The smallest absolute Gasteiger partial charge is 0.255 e. The van der Waals surface area contributed by atoms with Gasteiger partial charge in [0.25, 0.3) is 5.91 Å². The molecule has 0 spiro atoms. The van der Waals surface area contributed by atoms with Crippen LogP contribution in [0.1, 0.15) is 80.8 Å². The summed E-state index contributed by atoms with van der Waals surface area (Å²) in [6.45, 7) is 8.28. The molecule has 0 fully saturated rings. The number of hydrogen-bond acceptors (Lipinski definition) is 7. The van der Waals surface area contributed by atoms with E-state index < -0.39 is 21.8 Å². The number of nitrogens with two attached hydrogens (primary N) is 1. The molecular weight excluding hydrogens is 612 g/mol. The van der Waals surface area contributed by atoms with Crippen molar-refractivity contribution >= 4 is 38.9 Å². The van der Waals surface area contributed by atoms with Gasteiger partial charge in [0.05, 0.1) is 16.5 Å². The summed E-state index contributed by atoms with van der Waals surface area (Å²) < 4.78 is 23.2. The Hall–Kier alpha value is -4.85. The lowest BCUT2D eigenvalue weighted by Crippen LogP contribution is -2.44. The number of hydrogen-bond donors (Lipinski definition) is 2. The zero-order valence-electron chi connectivity index (χ0n) is 26.8. The van der Waals surface area contributed by atoms with Crippen LogP contribution >= 0.6 is 0 Å². The summed E-state index contributed by atoms with van der Waals surface area (Å²) in [7, 11) is -3.86. The monoisotopic (exact) mass is 648 g/mol. The van der Waals surface area contributed by atoms with E-state index in [4.69, 9.17) is 5.14 Å². The fraction of sp³-hybridized carbons (Fsp3) is 0.297. The molecule has 0 radical (unpaired) electrons. The molecule has 6 rings (SSSR count). The maximum Gasteiger partial charge on any atom is 0.255 e. The van der Waals surface area contributed by atoms with Gasteiger partial charge in [-0.3, -0.25) is 14.4 Å². The average molecular weight is 649 g/mol. The van der Waals surface area contributed by atoms with Crippen LogP contribution in [0.4, 0.5) is 11.4 Å². The van der Waals surface area contributed by atoms with Crippen LogP contribution in [0.25, 0.3) is 0 Å². The molecule has 10 heteroatoms. The number of anilines is 2. The van der Waals surface area contributed by atoms with E-state index in [1.54, 1.807) is 30.3 Å². The third-order valence-corrected chi connectivity index (χ3v) is 10.0. The minimum absolute atomic E-state index is 0.0118. The molecule has 3 N–H and O–H groups in total. The first-order chi connectivity index (χ1) is 22.1. The van der Waals surface area contributed by atoms with Crippen LogP contribution in [0.2, 0.25) is 0 Å². The SMILES string of the molecule is CC1(C)CC(=O)C2=C(C1)N(c1ccc(C(=O)Nc3ccc(S(N)(=O)=O)cc3)cc1)C1=C(C(=O)CC(C)(C)C1)C2c1cccc(C#N)c1. The summed E-state index contributed by atoms with van der Waals surface area (Å²) in [5, 5.41) is 17.6. The summed E-state index contributed by atoms with van der Waals surface area (Å²) in [4.78, 5) is 43.3. The van der Waals surface area contributed by atoms with E-state index in [1.807, 2.05) is 18.2 Å². The van der Waals surface area contributed by atoms with Gasteiger partial charge in [-0.25, -0.2) is 13.6 Å². The first-order valence-electron chi connectivity index (χ1n) is 15.4. The summed E-state index contributed by atoms with van der Waals surface area (Å²) >= 11 is 0. The average Bonchev–Trinajstić information content (AvgIpc) is 2.99. The van der Waals surface area contributed by atoms with Gasteiger partial charge in [0.2, 0.25) is 10.0 Å². The van der Waals surface area contributed by atoms with E-state index in [0.29, 0.717) is 53.6 Å². The number of primary sulfonamides is 1. The third-order valence-electron chi connectivity index (χ3n) is 9.09. The van der Waals surface area contributed by atoms with E-state index in [1.165, 1.54) is 24.3 Å². The zero-order valence-corrected chi connectivity index (χ0v) is 27.6. The van der Waals surface area contributed by atoms with Crippen molar-refractivity contribution in [1.29, 1.82) is 5.26 Å². The maximum absolute atomic E-state index is 14.1. The number of Topliss-reactive ketones (excluding diaryl/α,β-unsaturated/α-hetero) is 2. The van der Waals surface area contributed by atoms with Crippen LogP contribution in [0.5, 0.6) is 0 Å². The Balaban J connectivity index is 1.44. The Morgan fingerprint density at radius 2 is 1.40 bits per heavy atom. The normalized spacial score (nSPS) is 19.2. The Morgan fingerprint density at radius 3 is 1.91 bits per heavy atom. The molecule has 0 saturated carbocycles. The van der Waals surface area contributed by atoms with Gasteiger partial charge in [-0.15, -0.1) is 0 Å². The van der Waals surface area contributed by atoms with Crippen LogP contribution in [-0.4, -0.2) is 25.9 Å². The van der Waals surface area contributed by atoms with Crippen molar-refractivity contribution in [2.24, 2.45) is 16.0 Å². The van der Waals surface area contributed by atoms with Gasteiger partial charge in [0.1, 0.15) is 0 Å². The molecule has 3 aromatic rings. The van der Waals surface area contributed by atoms with Crippen molar-refractivity contribution in [2.75, 3.05) is 10.2 Å². The molecule has 0 atom stereocenters. The van der Waals surface area contributed by atoms with Gasteiger partial charge in [-0.2, -0.15) is 5.26 Å². The standard InChI is InChI=1S/C37H36N4O5S/c1-36(2)17-28-33(30(42)19-36)32(24-7-5-6-22(16-24)21-38)34-29(18-37(3,4)20-31(34)43)41(28)26-12-8-23(9-13-26)35(44)40-25-10-14-27(15-11-25)47(39,45)46/h5-16,32H,17-20H2,1-4H3,(H,40,44)(H2,39,45,46). The van der Waals surface area contributed by atoms with Crippen molar-refractivity contribution < 1.29 is 22.8 Å². The highest BCUT2D eigenvalue weighted by molar-refractivity contribution is 7.89. The number of ketones is 2. The number of nitrogens with zero attached hydrogens (tertiary/aromatic N) is 2. The van der Waals surface area contributed by atoms with Crippen molar-refractivity contribution in [3.63, 3.8) is 0 Å². The number of allylic oxidation sites excluding steroid dienone is 4. The first kappa shape index (κ1) is 32.1. The molecular formula is C37H36N4O5S. The van der Waals surface area contributed by atoms with Gasteiger partial charge >= 0.3 is 0 Å². The van der Waals surface area contributed by atoms with E-state index in [2.05, 4.69) is 44.0 Å². The van der Waals surface area contributed by atoms with Gasteiger partial charge in [0, 0.05) is 58.2 Å². The molecule has 1 amide bonds. The fourth-order valence-corrected chi connectivity index (χ4v) is 7.61. The minimum Gasteiger partial charge on any atom is -0.322 e. The second kappa shape index (κ2) is 11.4. The second-order valence-electron chi connectivity index (χ2n) is 14.2. The number of nitriles is 1. The largest absolute Gasteiger partial charge is 0.322 e. The lowest BCUT2D eigenvalue weighted by Gasteiger charge is -2.49. The molecule has 0 unspecified atom stereocenters. The maximum atomic E-state index is 14.1. The summed E-state index contributed by atoms with van der Waals surface area (Å²) in [6.07, 6.45) is 1.89. The van der Waals surface area contributed by atoms with E-state index in [-0.39, 0.29) is 27.3 Å². The number of carbonyl (C=O) groups excluding carboxylic acids is 3. The van der Waals surface area contributed by atoms with Crippen LogP contribution < -0.4 is 15.4 Å². The van der Waals surface area contributed by atoms with Crippen LogP contribution in [0.3, 0.4) is 0 Å². The second-order valence-corrected chi connectivity index (χ2v) is 15.7. The molecule has 2 aliphatic carbocycles. The van der Waals surface area contributed by atoms with Crippen LogP contribution in [0, 0.1) is 22.2 Å². The molecule has 3 aliphatic rings. The van der Waals surface area contributed by atoms with Gasteiger partial charge in [-0.1, -0.05) is 39.8 Å². The molecule has 1 heterocycles. The quantitative estimate of drug-likeness (QED) is 0.327. The first-order valence-corrected chi connectivity index (χ1v) is 17.0. The highest BCUT2D eigenvalue weighted by Crippen LogP contribution is 2.55. The predicted molar refractivity (Wildman–Crippen MR) is 179 cm³/mol. The summed E-state index contributed by atoms with van der Waals surface area (Å²) in [5.74, 6) is -0.981. The fourth-order valence-electron chi connectivity index (χ4n) is 7.09. The van der Waals surface area contributed by atoms with E-state index in [0.717, 1.165) is 22.6 Å². The molecule has 0 aromatic heterocycles. The molecule has 1 aliphatic heterocycles. The minimum atomic E-state index is -3.86. The molecule has 240 valence electrons. The molecule has 47 heavy (non-hydrogen) atoms. The van der Waals surface area contributed by atoms with Crippen molar-refractivity contribution in [1.82, 2.24) is 0 Å². The number of benzene rings is 3. The van der Waals surface area contributed by atoms with Crippen molar-refractivity contribution in [2.45, 2.75) is 64.2 Å². The van der Waals surface area contributed by atoms with E-state index >= 15 is 0 Å². The van der Waals surface area contributed by atoms with E-state index in [9.17, 15) is 28.1 Å². The molecule has 0 bridgehead atoms. The van der Waals surface area contributed by atoms with Crippen molar-refractivity contribution in [3.05, 3.63) is 112 Å². The Bertz CT molecular complexity index is 2000. The number of carbonyl (C=O) groups is 3. The lowest BCUT2D eigenvalue weighted by atomic mass is 9.63. The van der Waals surface area contributed by atoms with Gasteiger partial charge < -0.3 is 10.2 Å². The molecule has 9 nitrogen and oxygen atoms in total. The molecule has 0 saturated heterocycles. The Morgan fingerprint density at radius 1 is 0.851 bits per heavy atom. The summed E-state index contributed by atoms with van der Waals surface area (Å²) in [5.41, 5.74) is 4.97. The van der Waals surface area contributed by atoms with Crippen molar-refractivity contribution in [3.8, 4) is 6.07 Å². The number of nitrogens with one attached hydrogen (secondary N) is 1. The lowest BCUT2D eigenvalue weighted by molar-refractivity contribution is -0.119. The topological polar surface area (TPSA) is 150 Å². The molecule has 3 aromatic carbocycles. The van der Waals surface area contributed by atoms with Crippen LogP contribution in [-0.2, 0) is 19.6 Å². The van der Waals surface area contributed by atoms with Crippen LogP contribution in [0.15, 0.2) is 100 Å². The zero-order chi connectivity index (χ0) is 33.9. The Labute approximate surface area is 274 Å².